The van der Waals surface area contributed by atoms with Crippen molar-refractivity contribution in [3.8, 4) is 0 Å². The smallest absolute Gasteiger partial charge is 0.445 e. The van der Waals surface area contributed by atoms with Gasteiger partial charge in [-0.3, -0.25) is 0 Å². The van der Waals surface area contributed by atoms with Gasteiger partial charge in [-0.05, 0) is 18.6 Å². The van der Waals surface area contributed by atoms with E-state index >= 15 is 0 Å². The molecular weight excluding hydrogens is 183 g/mol. The van der Waals surface area contributed by atoms with E-state index in [0.717, 1.165) is 18.2 Å². The van der Waals surface area contributed by atoms with Crippen molar-refractivity contribution in [1.29, 1.82) is 0 Å². The minimum atomic E-state index is -5.02. The molecule has 0 nitrogen and oxygen atoms in total. The van der Waals surface area contributed by atoms with Gasteiger partial charge in [0.05, 0.1) is 0 Å². The van der Waals surface area contributed by atoms with Crippen molar-refractivity contribution in [3.05, 3.63) is 29.6 Å². The first-order chi connectivity index (χ1) is 5.95. The van der Waals surface area contributed by atoms with Crippen LogP contribution in [0.25, 0.3) is 0 Å². The molecule has 0 unspecified atom stereocenters. The van der Waals surface area contributed by atoms with Crippen LogP contribution in [0.4, 0.5) is 17.3 Å². The molecule has 72 valence electrons. The number of hydrogen-bond donors (Lipinski definition) is 0. The van der Waals surface area contributed by atoms with Gasteiger partial charge in [-0.15, -0.1) is 5.46 Å². The molecule has 0 saturated heterocycles. The molecule has 0 aliphatic heterocycles. The standard InChI is InChI=1S/C8H8BF4/c1-2-6-5-7(10)3-4-8(6)9(11,12)13/h3-5H,2H2,1H3/q-1. The fourth-order valence-electron chi connectivity index (χ4n) is 1.20. The van der Waals surface area contributed by atoms with Crippen molar-refractivity contribution in [2.75, 3.05) is 0 Å². The molecule has 1 aromatic rings. The lowest BCUT2D eigenvalue weighted by molar-refractivity contribution is 0.500. The summed E-state index contributed by atoms with van der Waals surface area (Å²) in [5.41, 5.74) is -0.670. The summed E-state index contributed by atoms with van der Waals surface area (Å²) >= 11 is 0. The van der Waals surface area contributed by atoms with Crippen LogP contribution in [-0.4, -0.2) is 6.98 Å². The zero-order valence-corrected chi connectivity index (χ0v) is 7.03. The predicted molar refractivity (Wildman–Crippen MR) is 44.5 cm³/mol. The highest BCUT2D eigenvalue weighted by Gasteiger charge is 2.27. The fraction of sp³-hybridized carbons (Fsp3) is 0.250. The third-order valence-corrected chi connectivity index (χ3v) is 1.84. The Morgan fingerprint density at radius 2 is 1.85 bits per heavy atom. The summed E-state index contributed by atoms with van der Waals surface area (Å²) in [7, 11) is 0. The van der Waals surface area contributed by atoms with Crippen molar-refractivity contribution >= 4 is 12.4 Å². The van der Waals surface area contributed by atoms with Crippen LogP contribution < -0.4 is 5.46 Å². The Labute approximate surface area is 73.6 Å². The predicted octanol–water partition coefficient (Wildman–Crippen LogP) is 2.44. The molecule has 0 fully saturated rings. The Hall–Kier alpha value is -0.995. The minimum Gasteiger partial charge on any atom is -0.445 e. The molecule has 0 amide bonds. The zero-order chi connectivity index (χ0) is 10.1. The highest BCUT2D eigenvalue weighted by Crippen LogP contribution is 2.13. The first-order valence-corrected chi connectivity index (χ1v) is 3.93. The highest BCUT2D eigenvalue weighted by atomic mass is 19.4. The van der Waals surface area contributed by atoms with Crippen molar-refractivity contribution in [3.63, 3.8) is 0 Å². The van der Waals surface area contributed by atoms with Crippen LogP contribution in [0.15, 0.2) is 18.2 Å². The number of rotatable bonds is 2. The highest BCUT2D eigenvalue weighted by molar-refractivity contribution is 6.74. The van der Waals surface area contributed by atoms with Crippen LogP contribution in [0.1, 0.15) is 12.5 Å². The summed E-state index contributed by atoms with van der Waals surface area (Å²) < 4.78 is 49.5. The molecule has 0 atom stereocenters. The largest absolute Gasteiger partial charge is 0.509 e. The molecule has 0 bridgehead atoms. The van der Waals surface area contributed by atoms with E-state index in [2.05, 4.69) is 0 Å². The molecule has 0 aromatic heterocycles. The van der Waals surface area contributed by atoms with Crippen molar-refractivity contribution in [1.82, 2.24) is 0 Å². The number of benzene rings is 1. The van der Waals surface area contributed by atoms with E-state index in [-0.39, 0.29) is 12.0 Å². The topological polar surface area (TPSA) is 0 Å². The quantitative estimate of drug-likeness (QED) is 0.497. The summed E-state index contributed by atoms with van der Waals surface area (Å²) in [5, 5.41) is 0. The Balaban J connectivity index is 3.22. The van der Waals surface area contributed by atoms with Gasteiger partial charge >= 0.3 is 6.98 Å². The van der Waals surface area contributed by atoms with Crippen molar-refractivity contribution < 1.29 is 17.3 Å². The van der Waals surface area contributed by atoms with Crippen LogP contribution in [0.3, 0.4) is 0 Å². The molecule has 0 spiro atoms. The lowest BCUT2D eigenvalue weighted by atomic mass is 9.76. The van der Waals surface area contributed by atoms with Gasteiger partial charge in [0.25, 0.3) is 0 Å². The van der Waals surface area contributed by atoms with E-state index in [9.17, 15) is 17.3 Å². The Morgan fingerprint density at radius 3 is 2.31 bits per heavy atom. The van der Waals surface area contributed by atoms with Gasteiger partial charge in [0.2, 0.25) is 0 Å². The first kappa shape index (κ1) is 10.1. The van der Waals surface area contributed by atoms with E-state index in [1.807, 2.05) is 0 Å². The van der Waals surface area contributed by atoms with E-state index < -0.39 is 18.3 Å². The van der Waals surface area contributed by atoms with Gasteiger partial charge in [-0.1, -0.05) is 18.6 Å². The zero-order valence-electron chi connectivity index (χ0n) is 7.03. The molecule has 1 aromatic carbocycles. The lowest BCUT2D eigenvalue weighted by Crippen LogP contribution is -2.36. The van der Waals surface area contributed by atoms with E-state index in [4.69, 9.17) is 0 Å². The molecule has 0 saturated carbocycles. The molecular formula is C8H8BF4-. The Bertz CT molecular complexity index is 306. The fourth-order valence-corrected chi connectivity index (χ4v) is 1.20. The lowest BCUT2D eigenvalue weighted by Gasteiger charge is -2.18. The van der Waals surface area contributed by atoms with Crippen LogP contribution in [0.5, 0.6) is 0 Å². The summed E-state index contributed by atoms with van der Waals surface area (Å²) in [6.07, 6.45) is 0.189. The number of halogens is 4. The maximum Gasteiger partial charge on any atom is 0.509 e. The summed E-state index contributed by atoms with van der Waals surface area (Å²) in [6, 6.07) is 2.57. The second-order valence-corrected chi connectivity index (χ2v) is 2.77. The SMILES string of the molecule is CCc1cc(F)ccc1[B-](F)(F)F. The minimum absolute atomic E-state index is 0.0208. The maximum atomic E-state index is 12.6. The number of aryl methyl sites for hydroxylation is 1. The molecule has 5 heteroatoms. The Kier molecular flexibility index (Phi) is 2.64. The van der Waals surface area contributed by atoms with Gasteiger partial charge in [0.1, 0.15) is 5.82 Å². The molecule has 0 aliphatic carbocycles. The molecule has 13 heavy (non-hydrogen) atoms. The maximum absolute atomic E-state index is 12.6. The van der Waals surface area contributed by atoms with E-state index in [1.54, 1.807) is 6.92 Å². The second kappa shape index (κ2) is 3.40. The van der Waals surface area contributed by atoms with Gasteiger partial charge in [0.15, 0.2) is 0 Å². The van der Waals surface area contributed by atoms with E-state index in [1.165, 1.54) is 0 Å². The van der Waals surface area contributed by atoms with Crippen molar-refractivity contribution in [2.24, 2.45) is 0 Å². The van der Waals surface area contributed by atoms with Crippen LogP contribution in [0.2, 0.25) is 0 Å². The molecule has 0 radical (unpaired) electrons. The monoisotopic (exact) mass is 191 g/mol. The van der Waals surface area contributed by atoms with E-state index in [0.29, 0.717) is 0 Å². The normalized spacial score (nSPS) is 11.8. The van der Waals surface area contributed by atoms with Gasteiger partial charge < -0.3 is 12.9 Å². The van der Waals surface area contributed by atoms with Crippen molar-refractivity contribution in [2.45, 2.75) is 13.3 Å². The summed E-state index contributed by atoms with van der Waals surface area (Å²) in [6.45, 7) is -3.45. The third-order valence-electron chi connectivity index (χ3n) is 1.84. The molecule has 0 N–H and O–H groups in total. The van der Waals surface area contributed by atoms with Crippen LogP contribution in [0, 0.1) is 5.82 Å². The summed E-state index contributed by atoms with van der Waals surface area (Å²) in [4.78, 5) is 0. The molecule has 0 aliphatic rings. The third kappa shape index (κ3) is 2.23. The molecule has 1 rings (SSSR count). The van der Waals surface area contributed by atoms with Gasteiger partial charge in [-0.25, -0.2) is 4.39 Å². The number of hydrogen-bond acceptors (Lipinski definition) is 0. The van der Waals surface area contributed by atoms with Gasteiger partial charge in [-0.2, -0.15) is 0 Å². The van der Waals surface area contributed by atoms with Crippen LogP contribution in [-0.2, 0) is 6.42 Å². The van der Waals surface area contributed by atoms with Crippen LogP contribution >= 0.6 is 0 Å². The molecule has 0 heterocycles. The average molecular weight is 191 g/mol. The summed E-state index contributed by atoms with van der Waals surface area (Å²) in [5.74, 6) is -0.624. The van der Waals surface area contributed by atoms with Gasteiger partial charge in [0, 0.05) is 0 Å². The first-order valence-electron chi connectivity index (χ1n) is 3.93. The second-order valence-electron chi connectivity index (χ2n) is 2.77. The Morgan fingerprint density at radius 1 is 1.23 bits per heavy atom. The average Bonchev–Trinajstić information content (AvgIpc) is 2.01.